The molecule has 0 aliphatic heterocycles. The van der Waals surface area contributed by atoms with E-state index in [0.717, 1.165) is 36.8 Å². The molecular weight excluding hydrogens is 419 g/mol. The Morgan fingerprint density at radius 3 is 2.50 bits per heavy atom. The molecule has 0 saturated heterocycles. The average molecular weight is 441 g/mol. The van der Waals surface area contributed by atoms with Gasteiger partial charge in [-0.05, 0) is 61.4 Å². The molecule has 1 amide bonds. The normalized spacial score (nSPS) is 14.1. The quantitative estimate of drug-likeness (QED) is 0.696. The maximum atomic E-state index is 13.1. The van der Waals surface area contributed by atoms with Crippen molar-refractivity contribution in [2.45, 2.75) is 45.2 Å². The lowest BCUT2D eigenvalue weighted by molar-refractivity contribution is -0.137. The van der Waals surface area contributed by atoms with Crippen LogP contribution in [0, 0.1) is 0 Å². The van der Waals surface area contributed by atoms with Crippen LogP contribution in [0.1, 0.15) is 53.2 Å². The maximum Gasteiger partial charge on any atom is 0.417 e. The lowest BCUT2D eigenvalue weighted by Crippen LogP contribution is -2.21. The molecule has 0 atom stereocenters. The summed E-state index contributed by atoms with van der Waals surface area (Å²) in [6.07, 6.45) is 0.000710. The van der Waals surface area contributed by atoms with Crippen LogP contribution >= 0.6 is 0 Å². The van der Waals surface area contributed by atoms with Crippen LogP contribution in [0.15, 0.2) is 30.5 Å². The summed E-state index contributed by atoms with van der Waals surface area (Å²) in [5.41, 5.74) is 1.04. The largest absolute Gasteiger partial charge is 0.417 e. The number of anilines is 2. The van der Waals surface area contributed by atoms with Crippen LogP contribution in [0.5, 0.6) is 0 Å². The maximum absolute atomic E-state index is 13.1. The van der Waals surface area contributed by atoms with E-state index in [9.17, 15) is 26.4 Å². The summed E-state index contributed by atoms with van der Waals surface area (Å²) in [6.45, 7) is 1.65. The first-order valence-corrected chi connectivity index (χ1v) is 11.2. The van der Waals surface area contributed by atoms with E-state index in [0.29, 0.717) is 18.7 Å². The zero-order chi connectivity index (χ0) is 21.9. The van der Waals surface area contributed by atoms with Gasteiger partial charge in [0, 0.05) is 11.8 Å². The molecule has 1 heterocycles. The minimum Gasteiger partial charge on any atom is -0.319 e. The summed E-state index contributed by atoms with van der Waals surface area (Å²) in [7, 11) is -3.81. The van der Waals surface area contributed by atoms with Crippen molar-refractivity contribution >= 4 is 27.4 Å². The Morgan fingerprint density at radius 1 is 1.13 bits per heavy atom. The number of sulfonamides is 1. The Kier molecular flexibility index (Phi) is 6.35. The molecule has 2 aromatic rings. The standard InChI is InChI=1S/C20H22F3N3O3S/c1-2-9-30(28,29)26-18-17(11-16(12-24-18)20(21,22)23)25-19(27)15-8-7-13-5-3-4-6-14(13)10-15/h7-8,10-12H,2-6,9H2,1H3,(H,24,26)(H,25,27). The molecule has 1 aromatic carbocycles. The SMILES string of the molecule is CCCS(=O)(=O)Nc1ncc(C(F)(F)F)cc1NC(=O)c1ccc2c(c1)CCCC2. The van der Waals surface area contributed by atoms with Gasteiger partial charge in [-0.15, -0.1) is 0 Å². The lowest BCUT2D eigenvalue weighted by atomic mass is 9.90. The van der Waals surface area contributed by atoms with Crippen LogP contribution in [-0.2, 0) is 29.0 Å². The van der Waals surface area contributed by atoms with Crippen LogP contribution < -0.4 is 10.0 Å². The van der Waals surface area contributed by atoms with E-state index in [1.54, 1.807) is 19.1 Å². The Bertz CT molecular complexity index is 1050. The second kappa shape index (κ2) is 8.63. The van der Waals surface area contributed by atoms with Crippen molar-refractivity contribution in [2.24, 2.45) is 0 Å². The summed E-state index contributed by atoms with van der Waals surface area (Å²) in [4.78, 5) is 16.3. The number of hydrogen-bond acceptors (Lipinski definition) is 4. The van der Waals surface area contributed by atoms with Gasteiger partial charge >= 0.3 is 6.18 Å². The highest BCUT2D eigenvalue weighted by molar-refractivity contribution is 7.92. The Balaban J connectivity index is 1.93. The molecule has 1 aliphatic carbocycles. The fourth-order valence-electron chi connectivity index (χ4n) is 3.33. The highest BCUT2D eigenvalue weighted by atomic mass is 32.2. The van der Waals surface area contributed by atoms with Crippen LogP contribution in [0.2, 0.25) is 0 Å². The number of aryl methyl sites for hydroxylation is 2. The molecule has 0 saturated carbocycles. The number of rotatable bonds is 6. The van der Waals surface area contributed by atoms with E-state index in [1.807, 2.05) is 6.07 Å². The molecule has 30 heavy (non-hydrogen) atoms. The van der Waals surface area contributed by atoms with E-state index >= 15 is 0 Å². The molecule has 162 valence electrons. The number of pyridine rings is 1. The van der Waals surface area contributed by atoms with Gasteiger partial charge in [0.1, 0.15) is 0 Å². The topological polar surface area (TPSA) is 88.2 Å². The van der Waals surface area contributed by atoms with Crippen molar-refractivity contribution in [2.75, 3.05) is 15.8 Å². The molecule has 1 aliphatic rings. The van der Waals surface area contributed by atoms with Crippen molar-refractivity contribution in [3.05, 3.63) is 52.7 Å². The molecule has 0 radical (unpaired) electrons. The minimum absolute atomic E-state index is 0.228. The number of aromatic nitrogens is 1. The number of carbonyl (C=O) groups is 1. The van der Waals surface area contributed by atoms with Crippen molar-refractivity contribution in [1.82, 2.24) is 4.98 Å². The van der Waals surface area contributed by atoms with Crippen molar-refractivity contribution in [1.29, 1.82) is 0 Å². The van der Waals surface area contributed by atoms with Gasteiger partial charge in [0.05, 0.1) is 17.0 Å². The van der Waals surface area contributed by atoms with E-state index in [2.05, 4.69) is 15.0 Å². The van der Waals surface area contributed by atoms with E-state index in [1.165, 1.54) is 0 Å². The third kappa shape index (κ3) is 5.29. The molecule has 0 unspecified atom stereocenters. The molecule has 0 fully saturated rings. The van der Waals surface area contributed by atoms with Crippen molar-refractivity contribution in [3.63, 3.8) is 0 Å². The summed E-state index contributed by atoms with van der Waals surface area (Å²) in [5, 5.41) is 2.38. The molecular formula is C20H22F3N3O3S. The van der Waals surface area contributed by atoms with Crippen LogP contribution in [-0.4, -0.2) is 25.1 Å². The highest BCUT2D eigenvalue weighted by Crippen LogP contribution is 2.33. The minimum atomic E-state index is -4.70. The fraction of sp³-hybridized carbons (Fsp3) is 0.400. The van der Waals surface area contributed by atoms with Gasteiger partial charge in [-0.25, -0.2) is 13.4 Å². The predicted octanol–water partition coefficient (Wildman–Crippen LogP) is 4.38. The first kappa shape index (κ1) is 22.1. The number of nitrogens with zero attached hydrogens (tertiary/aromatic N) is 1. The molecule has 6 nitrogen and oxygen atoms in total. The van der Waals surface area contributed by atoms with Crippen LogP contribution in [0.25, 0.3) is 0 Å². The van der Waals surface area contributed by atoms with Gasteiger partial charge in [-0.3, -0.25) is 9.52 Å². The zero-order valence-corrected chi connectivity index (χ0v) is 17.2. The first-order chi connectivity index (χ1) is 14.1. The first-order valence-electron chi connectivity index (χ1n) is 9.60. The smallest absolute Gasteiger partial charge is 0.319 e. The van der Waals surface area contributed by atoms with Gasteiger partial charge in [-0.1, -0.05) is 13.0 Å². The summed E-state index contributed by atoms with van der Waals surface area (Å²) >= 11 is 0. The monoisotopic (exact) mass is 441 g/mol. The number of carbonyl (C=O) groups excluding carboxylic acids is 1. The number of halogens is 3. The van der Waals surface area contributed by atoms with E-state index < -0.39 is 27.7 Å². The number of amides is 1. The number of nitrogens with one attached hydrogen (secondary N) is 2. The van der Waals surface area contributed by atoms with Gasteiger partial charge in [0.15, 0.2) is 5.82 Å². The summed E-state index contributed by atoms with van der Waals surface area (Å²) in [6, 6.07) is 5.86. The Morgan fingerprint density at radius 2 is 1.83 bits per heavy atom. The number of hydrogen-bond donors (Lipinski definition) is 2. The summed E-state index contributed by atoms with van der Waals surface area (Å²) < 4.78 is 65.6. The molecule has 3 rings (SSSR count). The van der Waals surface area contributed by atoms with Gasteiger partial charge in [0.2, 0.25) is 10.0 Å². The predicted molar refractivity (Wildman–Crippen MR) is 108 cm³/mol. The van der Waals surface area contributed by atoms with Crippen LogP contribution in [0.3, 0.4) is 0 Å². The Hall–Kier alpha value is -2.62. The van der Waals surface area contributed by atoms with Crippen molar-refractivity contribution < 1.29 is 26.4 Å². The van der Waals surface area contributed by atoms with Gasteiger partial charge in [0.25, 0.3) is 5.91 Å². The van der Waals surface area contributed by atoms with Gasteiger partial charge in [-0.2, -0.15) is 13.2 Å². The fourth-order valence-corrected chi connectivity index (χ4v) is 4.43. The second-order valence-corrected chi connectivity index (χ2v) is 9.03. The molecule has 10 heteroatoms. The lowest BCUT2D eigenvalue weighted by Gasteiger charge is -2.17. The molecule has 0 bridgehead atoms. The molecule has 0 spiro atoms. The van der Waals surface area contributed by atoms with E-state index in [-0.39, 0.29) is 22.8 Å². The summed E-state index contributed by atoms with van der Waals surface area (Å²) in [5.74, 6) is -1.23. The number of fused-ring (bicyclic) bond motifs is 1. The van der Waals surface area contributed by atoms with Crippen molar-refractivity contribution in [3.8, 4) is 0 Å². The Labute approximate surface area is 173 Å². The third-order valence-electron chi connectivity index (χ3n) is 4.80. The van der Waals surface area contributed by atoms with E-state index in [4.69, 9.17) is 0 Å². The third-order valence-corrected chi connectivity index (χ3v) is 6.25. The number of benzene rings is 1. The number of alkyl halides is 3. The second-order valence-electron chi connectivity index (χ2n) is 7.18. The molecule has 1 aromatic heterocycles. The average Bonchev–Trinajstić information content (AvgIpc) is 2.67. The molecule has 2 N–H and O–H groups in total. The zero-order valence-electron chi connectivity index (χ0n) is 16.3. The van der Waals surface area contributed by atoms with Gasteiger partial charge < -0.3 is 5.32 Å². The van der Waals surface area contributed by atoms with Crippen LogP contribution in [0.4, 0.5) is 24.7 Å². The highest BCUT2D eigenvalue weighted by Gasteiger charge is 2.32.